The number of aryl methyl sites for hydroxylation is 1. The molecule has 0 aliphatic rings. The Labute approximate surface area is 142 Å². The van der Waals surface area contributed by atoms with Gasteiger partial charge in [-0.2, -0.15) is 0 Å². The molecule has 2 aromatic heterocycles. The highest BCUT2D eigenvalue weighted by atomic mass is 32.1. The Balaban J connectivity index is 1.40. The van der Waals surface area contributed by atoms with Crippen LogP contribution >= 0.6 is 11.3 Å². The molecule has 2 nitrogen and oxygen atoms in total. The summed E-state index contributed by atoms with van der Waals surface area (Å²) in [6.45, 7) is 3.22. The van der Waals surface area contributed by atoms with E-state index in [0.29, 0.717) is 6.04 Å². The predicted octanol–water partition coefficient (Wildman–Crippen LogP) is 5.19. The van der Waals surface area contributed by atoms with Crippen LogP contribution in [0.2, 0.25) is 0 Å². The Morgan fingerprint density at radius 1 is 1.13 bits per heavy atom. The molecule has 0 aliphatic carbocycles. The van der Waals surface area contributed by atoms with Crippen LogP contribution in [0, 0.1) is 0 Å². The number of rotatable bonds is 8. The number of nitrogens with one attached hydrogen (secondary N) is 1. The normalized spacial score (nSPS) is 12.6. The minimum atomic E-state index is 0.562. The Hall–Kier alpha value is -1.71. The summed E-state index contributed by atoms with van der Waals surface area (Å²) < 4.78 is 0. The van der Waals surface area contributed by atoms with Crippen molar-refractivity contribution in [3.8, 4) is 0 Å². The van der Waals surface area contributed by atoms with E-state index in [4.69, 9.17) is 0 Å². The van der Waals surface area contributed by atoms with Gasteiger partial charge in [0.05, 0.1) is 0 Å². The van der Waals surface area contributed by atoms with Crippen molar-refractivity contribution >= 4 is 22.1 Å². The first-order chi connectivity index (χ1) is 11.3. The third-order valence-electron chi connectivity index (χ3n) is 4.25. The maximum absolute atomic E-state index is 4.16. The van der Waals surface area contributed by atoms with Crippen LogP contribution in [-0.4, -0.2) is 11.0 Å². The summed E-state index contributed by atoms with van der Waals surface area (Å²) in [5.41, 5.74) is 1.34. The standard InChI is InChI=1S/C20H24N2S/c1-16(5-2-3-6-20-7-4-12-23-20)22-14-17-8-9-19-15-21-11-10-18(19)13-17/h4,7-13,15-16,22H,2-3,5-6,14H2,1H3/t16-/m1/s1. The lowest BCUT2D eigenvalue weighted by atomic mass is 10.1. The molecule has 3 heteroatoms. The number of pyridine rings is 1. The van der Waals surface area contributed by atoms with Crippen LogP contribution in [0.15, 0.2) is 54.2 Å². The topological polar surface area (TPSA) is 24.9 Å². The number of hydrogen-bond acceptors (Lipinski definition) is 3. The van der Waals surface area contributed by atoms with Gasteiger partial charge in [0.15, 0.2) is 0 Å². The zero-order valence-corrected chi connectivity index (χ0v) is 14.5. The molecule has 1 aromatic carbocycles. The van der Waals surface area contributed by atoms with Gasteiger partial charge in [-0.3, -0.25) is 4.98 Å². The first-order valence-corrected chi connectivity index (χ1v) is 9.27. The van der Waals surface area contributed by atoms with Crippen LogP contribution in [-0.2, 0) is 13.0 Å². The lowest BCUT2D eigenvalue weighted by molar-refractivity contribution is 0.489. The van der Waals surface area contributed by atoms with E-state index in [-0.39, 0.29) is 0 Å². The molecule has 0 saturated heterocycles. The van der Waals surface area contributed by atoms with Gasteiger partial charge >= 0.3 is 0 Å². The fourth-order valence-corrected chi connectivity index (χ4v) is 3.59. The fraction of sp³-hybridized carbons (Fsp3) is 0.350. The molecule has 0 radical (unpaired) electrons. The van der Waals surface area contributed by atoms with Gasteiger partial charge in [-0.1, -0.05) is 24.6 Å². The molecule has 1 atom stereocenters. The molecule has 0 bridgehead atoms. The van der Waals surface area contributed by atoms with Gasteiger partial charge in [0.25, 0.3) is 0 Å². The second kappa shape index (κ2) is 8.23. The maximum Gasteiger partial charge on any atom is 0.0346 e. The second-order valence-electron chi connectivity index (χ2n) is 6.16. The van der Waals surface area contributed by atoms with Crippen LogP contribution < -0.4 is 5.32 Å². The van der Waals surface area contributed by atoms with Crippen molar-refractivity contribution in [2.45, 2.75) is 45.2 Å². The third kappa shape index (κ3) is 4.88. The molecule has 3 aromatic rings. The van der Waals surface area contributed by atoms with E-state index >= 15 is 0 Å². The molecule has 0 aliphatic heterocycles. The zero-order valence-electron chi connectivity index (χ0n) is 13.7. The molecular weight excluding hydrogens is 300 g/mol. The molecule has 3 rings (SSSR count). The summed E-state index contributed by atoms with van der Waals surface area (Å²) in [6.07, 6.45) is 8.81. The molecule has 0 amide bonds. The van der Waals surface area contributed by atoms with Gasteiger partial charge in [-0.25, -0.2) is 0 Å². The Morgan fingerprint density at radius 3 is 2.96 bits per heavy atom. The second-order valence-corrected chi connectivity index (χ2v) is 7.20. The molecule has 23 heavy (non-hydrogen) atoms. The molecule has 0 unspecified atom stereocenters. The first-order valence-electron chi connectivity index (χ1n) is 8.40. The van der Waals surface area contributed by atoms with Gasteiger partial charge in [0.2, 0.25) is 0 Å². The lowest BCUT2D eigenvalue weighted by Gasteiger charge is -2.14. The van der Waals surface area contributed by atoms with Crippen LogP contribution in [0.5, 0.6) is 0 Å². The lowest BCUT2D eigenvalue weighted by Crippen LogP contribution is -2.25. The van der Waals surface area contributed by atoms with E-state index in [9.17, 15) is 0 Å². The summed E-state index contributed by atoms with van der Waals surface area (Å²) in [5, 5.41) is 8.28. The van der Waals surface area contributed by atoms with Crippen molar-refractivity contribution < 1.29 is 0 Å². The number of hydrogen-bond donors (Lipinski definition) is 1. The highest BCUT2D eigenvalue weighted by Crippen LogP contribution is 2.15. The van der Waals surface area contributed by atoms with Gasteiger partial charge in [0, 0.05) is 35.2 Å². The Bertz CT molecular complexity index is 721. The quantitative estimate of drug-likeness (QED) is 0.577. The molecule has 120 valence electrons. The number of unbranched alkanes of at least 4 members (excludes halogenated alkanes) is 1. The average Bonchev–Trinajstić information content (AvgIpc) is 3.10. The van der Waals surface area contributed by atoms with Crippen molar-refractivity contribution in [2.24, 2.45) is 0 Å². The molecule has 0 spiro atoms. The van der Waals surface area contributed by atoms with Crippen LogP contribution in [0.25, 0.3) is 10.8 Å². The Morgan fingerprint density at radius 2 is 2.09 bits per heavy atom. The van der Waals surface area contributed by atoms with E-state index in [1.54, 1.807) is 0 Å². The monoisotopic (exact) mass is 324 g/mol. The molecular formula is C20H24N2S. The van der Waals surface area contributed by atoms with E-state index in [1.165, 1.54) is 46.9 Å². The SMILES string of the molecule is C[C@H](CCCCc1cccs1)NCc1ccc2cnccc2c1. The Kier molecular flexibility index (Phi) is 5.78. The minimum absolute atomic E-state index is 0.562. The average molecular weight is 324 g/mol. The van der Waals surface area contributed by atoms with Crippen molar-refractivity contribution in [3.63, 3.8) is 0 Å². The van der Waals surface area contributed by atoms with Crippen molar-refractivity contribution in [2.75, 3.05) is 0 Å². The van der Waals surface area contributed by atoms with Crippen molar-refractivity contribution in [3.05, 3.63) is 64.6 Å². The third-order valence-corrected chi connectivity index (χ3v) is 5.19. The fourth-order valence-electron chi connectivity index (χ4n) is 2.84. The summed E-state index contributed by atoms with van der Waals surface area (Å²) in [4.78, 5) is 5.67. The van der Waals surface area contributed by atoms with Crippen LogP contribution in [0.4, 0.5) is 0 Å². The number of nitrogens with zero attached hydrogens (tertiary/aromatic N) is 1. The van der Waals surface area contributed by atoms with Gasteiger partial charge in [-0.15, -0.1) is 11.3 Å². The summed E-state index contributed by atoms with van der Waals surface area (Å²) in [6, 6.07) is 13.6. The van der Waals surface area contributed by atoms with E-state index in [0.717, 1.165) is 6.54 Å². The van der Waals surface area contributed by atoms with Crippen molar-refractivity contribution in [1.29, 1.82) is 0 Å². The smallest absolute Gasteiger partial charge is 0.0346 e. The molecule has 2 heterocycles. The summed E-state index contributed by atoms with van der Waals surface area (Å²) in [7, 11) is 0. The number of aromatic nitrogens is 1. The van der Waals surface area contributed by atoms with Crippen molar-refractivity contribution in [1.82, 2.24) is 10.3 Å². The molecule has 0 saturated carbocycles. The van der Waals surface area contributed by atoms with Crippen LogP contribution in [0.3, 0.4) is 0 Å². The highest BCUT2D eigenvalue weighted by molar-refractivity contribution is 7.09. The van der Waals surface area contributed by atoms with E-state index in [1.807, 2.05) is 23.7 Å². The minimum Gasteiger partial charge on any atom is -0.310 e. The number of fused-ring (bicyclic) bond motifs is 1. The number of thiophene rings is 1. The summed E-state index contributed by atoms with van der Waals surface area (Å²) >= 11 is 1.87. The van der Waals surface area contributed by atoms with Gasteiger partial charge in [0.1, 0.15) is 0 Å². The molecule has 0 fully saturated rings. The zero-order chi connectivity index (χ0) is 15.9. The predicted molar refractivity (Wildman–Crippen MR) is 99.9 cm³/mol. The van der Waals surface area contributed by atoms with Gasteiger partial charge < -0.3 is 5.32 Å². The van der Waals surface area contributed by atoms with Gasteiger partial charge in [-0.05, 0) is 60.7 Å². The number of benzene rings is 1. The van der Waals surface area contributed by atoms with Crippen LogP contribution in [0.1, 0.15) is 36.6 Å². The van der Waals surface area contributed by atoms with E-state index < -0.39 is 0 Å². The highest BCUT2D eigenvalue weighted by Gasteiger charge is 2.03. The summed E-state index contributed by atoms with van der Waals surface area (Å²) in [5.74, 6) is 0. The van der Waals surface area contributed by atoms with E-state index in [2.05, 4.69) is 59.0 Å². The maximum atomic E-state index is 4.16. The first kappa shape index (κ1) is 16.2. The molecule has 1 N–H and O–H groups in total. The largest absolute Gasteiger partial charge is 0.310 e.